The molecule has 0 atom stereocenters. The molecule has 1 aliphatic carbocycles. The Morgan fingerprint density at radius 3 is 2.71 bits per heavy atom. The van der Waals surface area contributed by atoms with Crippen LogP contribution in [-0.2, 0) is 9.59 Å². The smallest absolute Gasteiger partial charge is 0.254 e. The molecule has 3 N–H and O–H groups in total. The van der Waals surface area contributed by atoms with Gasteiger partial charge in [-0.3, -0.25) is 14.9 Å². The normalized spacial score (nSPS) is 16.9. The molecule has 0 spiro atoms. The Kier molecular flexibility index (Phi) is 4.83. The summed E-state index contributed by atoms with van der Waals surface area (Å²) >= 11 is 0. The molecule has 3 aromatic heterocycles. The standard InChI is InChI=1S/C24H22N8O2/c33-22-11-16(24(34)30-22)10-17-14-27-32-21(25-13-15-2-3-15)12-20(29-23(17)32)28-18-4-6-19(7-5-18)31-9-1-8-26-31/h1,4-10,12,14-15,25H,2-3,11,13H2,(H,28,29)(H,30,33,34)/b16-10-. The molecule has 34 heavy (non-hydrogen) atoms. The molecule has 0 radical (unpaired) electrons. The molecule has 4 heterocycles. The first-order valence-corrected chi connectivity index (χ1v) is 11.2. The van der Waals surface area contributed by atoms with E-state index in [4.69, 9.17) is 4.98 Å². The Morgan fingerprint density at radius 2 is 2.00 bits per heavy atom. The SMILES string of the molecule is O=C1C/C(=C/c2cnn3c(NCC4CC4)cc(Nc4ccc(-n5cccn5)cc4)nc23)C(=O)N1. The Balaban J connectivity index is 1.34. The fourth-order valence-electron chi connectivity index (χ4n) is 3.92. The minimum atomic E-state index is -0.372. The van der Waals surface area contributed by atoms with Gasteiger partial charge in [0.1, 0.15) is 11.6 Å². The van der Waals surface area contributed by atoms with Crippen LogP contribution in [0.4, 0.5) is 17.3 Å². The highest BCUT2D eigenvalue weighted by molar-refractivity contribution is 6.15. The number of amides is 2. The van der Waals surface area contributed by atoms with Gasteiger partial charge >= 0.3 is 0 Å². The third-order valence-corrected chi connectivity index (χ3v) is 5.90. The molecule has 1 aromatic carbocycles. The van der Waals surface area contributed by atoms with E-state index in [9.17, 15) is 9.59 Å². The molecule has 170 valence electrons. The van der Waals surface area contributed by atoms with Crippen molar-refractivity contribution in [2.75, 3.05) is 17.2 Å². The number of carbonyl (C=O) groups is 2. The van der Waals surface area contributed by atoms with Gasteiger partial charge in [0.05, 0.1) is 18.3 Å². The predicted octanol–water partition coefficient (Wildman–Crippen LogP) is 2.91. The first-order valence-electron chi connectivity index (χ1n) is 11.2. The fraction of sp³-hybridized carbons (Fsp3) is 0.208. The van der Waals surface area contributed by atoms with Gasteiger partial charge in [0, 0.05) is 41.8 Å². The summed E-state index contributed by atoms with van der Waals surface area (Å²) in [6.45, 7) is 0.865. The summed E-state index contributed by atoms with van der Waals surface area (Å²) in [7, 11) is 0. The highest BCUT2D eigenvalue weighted by Gasteiger charge is 2.25. The Morgan fingerprint density at radius 1 is 1.15 bits per heavy atom. The number of anilines is 3. The van der Waals surface area contributed by atoms with Crippen molar-refractivity contribution >= 4 is 40.9 Å². The van der Waals surface area contributed by atoms with E-state index in [0.29, 0.717) is 28.5 Å². The maximum absolute atomic E-state index is 12.0. The average Bonchev–Trinajstić information content (AvgIpc) is 3.18. The summed E-state index contributed by atoms with van der Waals surface area (Å²) in [4.78, 5) is 28.4. The van der Waals surface area contributed by atoms with Gasteiger partial charge < -0.3 is 10.6 Å². The van der Waals surface area contributed by atoms with E-state index in [2.05, 4.69) is 26.1 Å². The zero-order chi connectivity index (χ0) is 23.1. The first kappa shape index (κ1) is 20.2. The molecule has 10 heteroatoms. The number of rotatable bonds is 7. The van der Waals surface area contributed by atoms with Crippen LogP contribution in [0.2, 0.25) is 0 Å². The largest absolute Gasteiger partial charge is 0.370 e. The third kappa shape index (κ3) is 4.01. The van der Waals surface area contributed by atoms with Crippen LogP contribution < -0.4 is 16.0 Å². The first-order chi connectivity index (χ1) is 16.6. The number of fused-ring (bicyclic) bond motifs is 1. The molecule has 6 rings (SSSR count). The Bertz CT molecular complexity index is 1420. The van der Waals surface area contributed by atoms with Crippen molar-refractivity contribution in [2.24, 2.45) is 5.92 Å². The van der Waals surface area contributed by atoms with Crippen LogP contribution in [-0.4, -0.2) is 42.7 Å². The van der Waals surface area contributed by atoms with Crippen LogP contribution in [0.3, 0.4) is 0 Å². The number of carbonyl (C=O) groups excluding carboxylic acids is 2. The second-order valence-electron chi connectivity index (χ2n) is 8.53. The van der Waals surface area contributed by atoms with Gasteiger partial charge in [-0.15, -0.1) is 0 Å². The lowest BCUT2D eigenvalue weighted by molar-refractivity contribution is -0.124. The van der Waals surface area contributed by atoms with Crippen LogP contribution >= 0.6 is 0 Å². The maximum Gasteiger partial charge on any atom is 0.254 e. The maximum atomic E-state index is 12.0. The Hall–Kier alpha value is -4.47. The lowest BCUT2D eigenvalue weighted by Crippen LogP contribution is -2.19. The quantitative estimate of drug-likeness (QED) is 0.290. The van der Waals surface area contributed by atoms with Crippen molar-refractivity contribution in [3.05, 3.63) is 66.1 Å². The number of benzene rings is 1. The summed E-state index contributed by atoms with van der Waals surface area (Å²) in [5.41, 5.74) is 3.51. The molecule has 2 fully saturated rings. The van der Waals surface area contributed by atoms with Gasteiger partial charge in [-0.2, -0.15) is 14.7 Å². The van der Waals surface area contributed by atoms with Crippen molar-refractivity contribution in [3.8, 4) is 5.69 Å². The number of nitrogens with one attached hydrogen (secondary N) is 3. The summed E-state index contributed by atoms with van der Waals surface area (Å²) in [5, 5.41) is 17.9. The van der Waals surface area contributed by atoms with E-state index in [1.54, 1.807) is 27.7 Å². The van der Waals surface area contributed by atoms with Gasteiger partial charge in [-0.25, -0.2) is 9.67 Å². The molecular weight excluding hydrogens is 432 g/mol. The van der Waals surface area contributed by atoms with Crippen LogP contribution in [0, 0.1) is 5.92 Å². The van der Waals surface area contributed by atoms with Gasteiger partial charge in [-0.05, 0) is 55.2 Å². The van der Waals surface area contributed by atoms with Crippen molar-refractivity contribution in [3.63, 3.8) is 0 Å². The monoisotopic (exact) mass is 454 g/mol. The van der Waals surface area contributed by atoms with E-state index in [1.165, 1.54) is 12.8 Å². The molecule has 1 aliphatic heterocycles. The number of nitrogens with zero attached hydrogens (tertiary/aromatic N) is 5. The fourth-order valence-corrected chi connectivity index (χ4v) is 3.92. The van der Waals surface area contributed by atoms with Gasteiger partial charge in [0.15, 0.2) is 5.65 Å². The predicted molar refractivity (Wildman–Crippen MR) is 127 cm³/mol. The molecule has 2 aliphatic rings. The molecule has 2 amide bonds. The average molecular weight is 454 g/mol. The molecule has 0 unspecified atom stereocenters. The topological polar surface area (TPSA) is 118 Å². The zero-order valence-electron chi connectivity index (χ0n) is 18.2. The summed E-state index contributed by atoms with van der Waals surface area (Å²) in [6, 6.07) is 11.7. The lowest BCUT2D eigenvalue weighted by Gasteiger charge is -2.12. The Labute approximate surface area is 194 Å². The number of hydrogen-bond acceptors (Lipinski definition) is 7. The number of hydrogen-bond donors (Lipinski definition) is 3. The molecule has 10 nitrogen and oxygen atoms in total. The summed E-state index contributed by atoms with van der Waals surface area (Å²) < 4.78 is 3.53. The zero-order valence-corrected chi connectivity index (χ0v) is 18.2. The van der Waals surface area contributed by atoms with Crippen molar-refractivity contribution < 1.29 is 9.59 Å². The van der Waals surface area contributed by atoms with Gasteiger partial charge in [0.2, 0.25) is 5.91 Å². The van der Waals surface area contributed by atoms with E-state index in [1.807, 2.05) is 42.6 Å². The molecule has 1 saturated carbocycles. The molecular formula is C24H22N8O2. The minimum absolute atomic E-state index is 0.0590. The van der Waals surface area contributed by atoms with E-state index in [0.717, 1.165) is 23.7 Å². The van der Waals surface area contributed by atoms with Crippen LogP contribution in [0.25, 0.3) is 17.4 Å². The summed E-state index contributed by atoms with van der Waals surface area (Å²) in [6.07, 6.45) is 9.50. The highest BCUT2D eigenvalue weighted by Crippen LogP contribution is 2.30. The van der Waals surface area contributed by atoms with Crippen LogP contribution in [0.15, 0.2) is 60.6 Å². The molecule has 0 bridgehead atoms. The van der Waals surface area contributed by atoms with Crippen LogP contribution in [0.5, 0.6) is 0 Å². The molecule has 4 aromatic rings. The van der Waals surface area contributed by atoms with Crippen molar-refractivity contribution in [2.45, 2.75) is 19.3 Å². The molecule has 1 saturated heterocycles. The second-order valence-corrected chi connectivity index (χ2v) is 8.53. The van der Waals surface area contributed by atoms with Gasteiger partial charge in [-0.1, -0.05) is 0 Å². The van der Waals surface area contributed by atoms with Gasteiger partial charge in [0.25, 0.3) is 5.91 Å². The second kappa shape index (κ2) is 8.14. The number of aromatic nitrogens is 5. The van der Waals surface area contributed by atoms with E-state index in [-0.39, 0.29) is 18.2 Å². The highest BCUT2D eigenvalue weighted by atomic mass is 16.2. The van der Waals surface area contributed by atoms with Crippen molar-refractivity contribution in [1.29, 1.82) is 0 Å². The van der Waals surface area contributed by atoms with E-state index < -0.39 is 0 Å². The van der Waals surface area contributed by atoms with E-state index >= 15 is 0 Å². The minimum Gasteiger partial charge on any atom is -0.370 e. The van der Waals surface area contributed by atoms with Crippen molar-refractivity contribution in [1.82, 2.24) is 29.7 Å². The summed E-state index contributed by atoms with van der Waals surface area (Å²) in [5.74, 6) is 1.46. The third-order valence-electron chi connectivity index (χ3n) is 5.90. The van der Waals surface area contributed by atoms with Crippen LogP contribution in [0.1, 0.15) is 24.8 Å². The number of imide groups is 1. The lowest BCUT2D eigenvalue weighted by atomic mass is 10.1.